The van der Waals surface area contributed by atoms with Crippen molar-refractivity contribution in [3.05, 3.63) is 64.3 Å². The molecule has 0 spiro atoms. The Balaban J connectivity index is 1.88. The number of imide groups is 1. The monoisotopic (exact) mass is 362 g/mol. The second-order valence-electron chi connectivity index (χ2n) is 4.97. The minimum atomic E-state index is -0.597. The zero-order chi connectivity index (χ0) is 17.3. The van der Waals surface area contributed by atoms with E-state index in [-0.39, 0.29) is 10.7 Å². The van der Waals surface area contributed by atoms with Crippen molar-refractivity contribution in [2.75, 3.05) is 17.3 Å². The van der Waals surface area contributed by atoms with Crippen LogP contribution in [0.25, 0.3) is 0 Å². The molecule has 0 aromatic heterocycles. The lowest BCUT2D eigenvalue weighted by Gasteiger charge is -2.15. The Morgan fingerprint density at radius 3 is 2.33 bits per heavy atom. The van der Waals surface area contributed by atoms with Crippen LogP contribution in [-0.4, -0.2) is 18.9 Å². The fourth-order valence-corrected chi connectivity index (χ4v) is 2.68. The number of rotatable bonds is 4. The molecule has 0 bridgehead atoms. The van der Waals surface area contributed by atoms with Gasteiger partial charge in [0.2, 0.25) is 0 Å². The molecule has 0 saturated heterocycles. The summed E-state index contributed by atoms with van der Waals surface area (Å²) in [5.41, 5.74) is 0.993. The Bertz CT molecular complexity index is 847. The van der Waals surface area contributed by atoms with E-state index in [9.17, 15) is 9.59 Å². The number of carbonyl (C=O) groups excluding carboxylic acids is 2. The molecule has 0 unspecified atom stereocenters. The molecule has 24 heavy (non-hydrogen) atoms. The molecule has 5 nitrogen and oxygen atoms in total. The molecule has 2 amide bonds. The lowest BCUT2D eigenvalue weighted by molar-refractivity contribution is -0.120. The van der Waals surface area contributed by atoms with Crippen LogP contribution < -0.4 is 15.0 Å². The number of methoxy groups -OCH3 is 1. The fraction of sp³-hybridized carbons (Fsp3) is 0.0588. The molecule has 122 valence electrons. The van der Waals surface area contributed by atoms with Gasteiger partial charge in [0.15, 0.2) is 0 Å². The number of halogens is 2. The molecule has 2 aromatic rings. The highest BCUT2D eigenvalue weighted by Crippen LogP contribution is 2.31. The van der Waals surface area contributed by atoms with E-state index in [0.29, 0.717) is 22.1 Å². The molecule has 0 aliphatic carbocycles. The van der Waals surface area contributed by atoms with Gasteiger partial charge in [0.05, 0.1) is 12.8 Å². The van der Waals surface area contributed by atoms with Crippen LogP contribution in [0.2, 0.25) is 5.02 Å². The third-order valence-electron chi connectivity index (χ3n) is 3.45. The highest BCUT2D eigenvalue weighted by Gasteiger charge is 2.38. The molecule has 1 aliphatic heterocycles. The third-order valence-corrected chi connectivity index (χ3v) is 4.04. The van der Waals surface area contributed by atoms with Crippen LogP contribution in [-0.2, 0) is 9.59 Å². The number of hydrogen-bond acceptors (Lipinski definition) is 4. The lowest BCUT2D eigenvalue weighted by Crippen LogP contribution is -2.32. The van der Waals surface area contributed by atoms with Crippen LogP contribution in [0.15, 0.2) is 59.3 Å². The predicted octanol–water partition coefficient (Wildman–Crippen LogP) is 3.78. The summed E-state index contributed by atoms with van der Waals surface area (Å²) in [6, 6.07) is 13.3. The lowest BCUT2D eigenvalue weighted by atomic mass is 10.2. The zero-order valence-electron chi connectivity index (χ0n) is 12.5. The summed E-state index contributed by atoms with van der Waals surface area (Å²) in [4.78, 5) is 25.9. The first-order valence-electron chi connectivity index (χ1n) is 6.96. The summed E-state index contributed by atoms with van der Waals surface area (Å²) >= 11 is 12.0. The molecule has 1 N–H and O–H groups in total. The van der Waals surface area contributed by atoms with E-state index in [0.717, 1.165) is 4.90 Å². The van der Waals surface area contributed by atoms with Gasteiger partial charge in [0.1, 0.15) is 16.5 Å². The number of nitrogens with zero attached hydrogens (tertiary/aromatic N) is 1. The van der Waals surface area contributed by atoms with Gasteiger partial charge in [-0.25, -0.2) is 4.90 Å². The predicted molar refractivity (Wildman–Crippen MR) is 93.4 cm³/mol. The normalized spacial score (nSPS) is 14.4. The van der Waals surface area contributed by atoms with Gasteiger partial charge in [-0.1, -0.05) is 29.3 Å². The molecule has 0 atom stereocenters. The summed E-state index contributed by atoms with van der Waals surface area (Å²) in [5, 5.41) is 3.13. The highest BCUT2D eigenvalue weighted by atomic mass is 35.5. The second-order valence-corrected chi connectivity index (χ2v) is 5.78. The number of amides is 2. The first-order valence-corrected chi connectivity index (χ1v) is 7.72. The quantitative estimate of drug-likeness (QED) is 0.840. The van der Waals surface area contributed by atoms with Crippen LogP contribution in [0, 0.1) is 0 Å². The average molecular weight is 363 g/mol. The first-order chi connectivity index (χ1) is 11.5. The number of benzene rings is 2. The molecule has 7 heteroatoms. The van der Waals surface area contributed by atoms with Crippen LogP contribution in [0.3, 0.4) is 0 Å². The van der Waals surface area contributed by atoms with Gasteiger partial charge in [-0.3, -0.25) is 9.59 Å². The van der Waals surface area contributed by atoms with E-state index in [4.69, 9.17) is 27.9 Å². The molecular weight excluding hydrogens is 351 g/mol. The highest BCUT2D eigenvalue weighted by molar-refractivity contribution is 6.53. The Kier molecular flexibility index (Phi) is 4.46. The van der Waals surface area contributed by atoms with E-state index in [1.165, 1.54) is 6.07 Å². The molecule has 3 rings (SSSR count). The Morgan fingerprint density at radius 2 is 1.71 bits per heavy atom. The summed E-state index contributed by atoms with van der Waals surface area (Å²) in [6.45, 7) is 0. The fourth-order valence-electron chi connectivity index (χ4n) is 2.28. The summed E-state index contributed by atoms with van der Waals surface area (Å²) in [6.07, 6.45) is 0. The van der Waals surface area contributed by atoms with Crippen LogP contribution >= 0.6 is 23.2 Å². The van der Waals surface area contributed by atoms with Gasteiger partial charge in [-0.15, -0.1) is 0 Å². The van der Waals surface area contributed by atoms with Crippen LogP contribution in [0.4, 0.5) is 11.4 Å². The van der Waals surface area contributed by atoms with Gasteiger partial charge in [0.25, 0.3) is 11.8 Å². The SMILES string of the molecule is COc1ccc(NC2=C(Cl)C(=O)N(c3cccc(Cl)c3)C2=O)cc1. The molecular formula is C17H12Cl2N2O3. The Hall–Kier alpha value is -2.50. The summed E-state index contributed by atoms with van der Waals surface area (Å²) in [5.74, 6) is -0.460. The molecule has 0 radical (unpaired) electrons. The third kappa shape index (κ3) is 2.96. The largest absolute Gasteiger partial charge is 0.497 e. The van der Waals surface area contributed by atoms with Crippen molar-refractivity contribution in [1.82, 2.24) is 0 Å². The number of anilines is 2. The molecule has 2 aromatic carbocycles. The molecule has 0 saturated carbocycles. The van der Waals surface area contributed by atoms with Gasteiger partial charge in [-0.2, -0.15) is 0 Å². The molecule has 1 heterocycles. The van der Waals surface area contributed by atoms with Crippen molar-refractivity contribution >= 4 is 46.4 Å². The zero-order valence-corrected chi connectivity index (χ0v) is 14.1. The van der Waals surface area contributed by atoms with Gasteiger partial charge in [0, 0.05) is 10.7 Å². The van der Waals surface area contributed by atoms with E-state index >= 15 is 0 Å². The van der Waals surface area contributed by atoms with E-state index in [1.54, 1.807) is 49.6 Å². The van der Waals surface area contributed by atoms with Crippen LogP contribution in [0.5, 0.6) is 5.75 Å². The van der Waals surface area contributed by atoms with E-state index in [2.05, 4.69) is 5.32 Å². The smallest absolute Gasteiger partial charge is 0.283 e. The first kappa shape index (κ1) is 16.4. The Morgan fingerprint density at radius 1 is 1.00 bits per heavy atom. The van der Waals surface area contributed by atoms with Crippen molar-refractivity contribution in [2.45, 2.75) is 0 Å². The van der Waals surface area contributed by atoms with Crippen molar-refractivity contribution in [3.63, 3.8) is 0 Å². The number of nitrogens with one attached hydrogen (secondary N) is 1. The van der Waals surface area contributed by atoms with Crippen LogP contribution in [0.1, 0.15) is 0 Å². The summed E-state index contributed by atoms with van der Waals surface area (Å²) in [7, 11) is 1.56. The van der Waals surface area contributed by atoms with Gasteiger partial charge < -0.3 is 10.1 Å². The van der Waals surface area contributed by atoms with Crippen molar-refractivity contribution < 1.29 is 14.3 Å². The van der Waals surface area contributed by atoms with Gasteiger partial charge in [-0.05, 0) is 42.5 Å². The minimum Gasteiger partial charge on any atom is -0.497 e. The number of carbonyl (C=O) groups is 2. The maximum Gasteiger partial charge on any atom is 0.283 e. The maximum atomic E-state index is 12.6. The number of hydrogen-bond donors (Lipinski definition) is 1. The van der Waals surface area contributed by atoms with E-state index in [1.807, 2.05) is 0 Å². The summed E-state index contributed by atoms with van der Waals surface area (Å²) < 4.78 is 5.08. The minimum absolute atomic E-state index is 0.0202. The molecule has 0 fully saturated rings. The van der Waals surface area contributed by atoms with Crippen molar-refractivity contribution in [1.29, 1.82) is 0 Å². The van der Waals surface area contributed by atoms with Gasteiger partial charge >= 0.3 is 0 Å². The average Bonchev–Trinajstić information content (AvgIpc) is 2.79. The number of ether oxygens (including phenoxy) is 1. The Labute approximate surface area is 148 Å². The topological polar surface area (TPSA) is 58.6 Å². The maximum absolute atomic E-state index is 12.6. The van der Waals surface area contributed by atoms with Crippen molar-refractivity contribution in [3.8, 4) is 5.75 Å². The molecule has 1 aliphatic rings. The standard InChI is InChI=1S/C17H12Cl2N2O3/c1-24-13-7-5-11(6-8-13)20-15-14(19)16(22)21(17(15)23)12-4-2-3-10(18)9-12/h2-9,20H,1H3. The second kappa shape index (κ2) is 6.55. The van der Waals surface area contributed by atoms with Crippen molar-refractivity contribution in [2.24, 2.45) is 0 Å². The van der Waals surface area contributed by atoms with E-state index < -0.39 is 11.8 Å².